The van der Waals surface area contributed by atoms with E-state index in [0.717, 1.165) is 25.7 Å². The van der Waals surface area contributed by atoms with E-state index in [0.29, 0.717) is 12.8 Å². The zero-order valence-electron chi connectivity index (χ0n) is 10.1. The molecule has 4 nitrogen and oxygen atoms in total. The molecule has 0 aromatic carbocycles. The largest absolute Gasteiger partial charge is 0.470 e. The highest BCUT2D eigenvalue weighted by molar-refractivity contribution is 7.88. The van der Waals surface area contributed by atoms with Gasteiger partial charge in [0, 0.05) is 0 Å². The van der Waals surface area contributed by atoms with E-state index in [2.05, 4.69) is 4.74 Å². The van der Waals surface area contributed by atoms with Gasteiger partial charge >= 0.3 is 21.4 Å². The van der Waals surface area contributed by atoms with Crippen molar-refractivity contribution in [3.8, 4) is 0 Å². The van der Waals surface area contributed by atoms with Crippen molar-refractivity contribution >= 4 is 16.2 Å². The van der Waals surface area contributed by atoms with E-state index in [1.807, 2.05) is 6.92 Å². The minimum absolute atomic E-state index is 0.337. The lowest BCUT2D eigenvalue weighted by atomic mass is 10.1. The third-order valence-electron chi connectivity index (χ3n) is 2.27. The summed E-state index contributed by atoms with van der Waals surface area (Å²) in [6.07, 6.45) is 5.04. The maximum atomic E-state index is 12.6. The zero-order valence-corrected chi connectivity index (χ0v) is 10.9. The van der Waals surface area contributed by atoms with Gasteiger partial charge in [0.2, 0.25) is 0 Å². The number of hydrogen-bond donors (Lipinski definition) is 0. The predicted octanol–water partition coefficient (Wildman–Crippen LogP) is 2.78. The van der Waals surface area contributed by atoms with Crippen molar-refractivity contribution in [3.63, 3.8) is 0 Å². The average Bonchev–Trinajstić information content (AvgIpc) is 2.26. The van der Waals surface area contributed by atoms with Gasteiger partial charge in [-0.05, 0) is 6.42 Å². The molecule has 0 N–H and O–H groups in total. The van der Waals surface area contributed by atoms with Crippen LogP contribution in [0.1, 0.15) is 45.4 Å². The molecular formula is C10H17F3O4S. The fourth-order valence-electron chi connectivity index (χ4n) is 1.23. The lowest BCUT2D eigenvalue weighted by molar-refractivity contribution is -0.161. The quantitative estimate of drug-likeness (QED) is 0.372. The van der Waals surface area contributed by atoms with E-state index in [-0.39, 0.29) is 6.61 Å². The Kier molecular flexibility index (Phi) is 7.27. The Morgan fingerprint density at radius 3 is 2.11 bits per heavy atom. The highest BCUT2D eigenvalue weighted by Gasteiger charge is 2.55. The number of alkyl halides is 2. The van der Waals surface area contributed by atoms with Crippen LogP contribution in [-0.4, -0.2) is 26.2 Å². The normalized spacial score (nSPS) is 12.4. The molecule has 18 heavy (non-hydrogen) atoms. The molecule has 0 saturated heterocycles. The second-order valence-corrected chi connectivity index (χ2v) is 5.25. The van der Waals surface area contributed by atoms with Gasteiger partial charge in [0.1, 0.15) is 0 Å². The number of unbranched alkanes of at least 4 members (excludes halogenated alkanes) is 5. The van der Waals surface area contributed by atoms with Gasteiger partial charge in [-0.1, -0.05) is 42.9 Å². The zero-order chi connectivity index (χ0) is 14.2. The molecule has 108 valence electrons. The van der Waals surface area contributed by atoms with Gasteiger partial charge < -0.3 is 4.74 Å². The third-order valence-corrected chi connectivity index (χ3v) is 3.05. The van der Waals surface area contributed by atoms with E-state index in [9.17, 15) is 25.9 Å². The van der Waals surface area contributed by atoms with E-state index in [1.54, 1.807) is 0 Å². The first-order valence-corrected chi connectivity index (χ1v) is 7.11. The second-order valence-electron chi connectivity index (χ2n) is 3.86. The highest BCUT2D eigenvalue weighted by Crippen LogP contribution is 2.25. The molecule has 0 heterocycles. The van der Waals surface area contributed by atoms with E-state index >= 15 is 0 Å². The molecule has 0 spiro atoms. The van der Waals surface area contributed by atoms with Gasteiger partial charge in [-0.3, -0.25) is 0 Å². The van der Waals surface area contributed by atoms with E-state index in [1.165, 1.54) is 0 Å². The minimum Gasteiger partial charge on any atom is -0.460 e. The average molecular weight is 290 g/mol. The molecular weight excluding hydrogens is 273 g/mol. The number of rotatable bonds is 9. The molecule has 0 unspecified atom stereocenters. The summed E-state index contributed by atoms with van der Waals surface area (Å²) in [6, 6.07) is 0. The molecule has 0 aromatic rings. The van der Waals surface area contributed by atoms with Gasteiger partial charge in [-0.15, -0.1) is 0 Å². The summed E-state index contributed by atoms with van der Waals surface area (Å²) < 4.78 is 61.2. The van der Waals surface area contributed by atoms with Crippen LogP contribution in [0.2, 0.25) is 0 Å². The number of hydrogen-bond acceptors (Lipinski definition) is 4. The van der Waals surface area contributed by atoms with E-state index < -0.39 is 21.4 Å². The van der Waals surface area contributed by atoms with Crippen LogP contribution in [0.3, 0.4) is 0 Å². The van der Waals surface area contributed by atoms with Crippen LogP contribution in [0, 0.1) is 0 Å². The van der Waals surface area contributed by atoms with Gasteiger partial charge in [0.15, 0.2) is 0 Å². The van der Waals surface area contributed by atoms with Crippen LogP contribution in [-0.2, 0) is 19.8 Å². The number of esters is 1. The Hall–Kier alpha value is -0.790. The maximum Gasteiger partial charge on any atom is 0.470 e. The fraction of sp³-hybridized carbons (Fsp3) is 0.900. The Morgan fingerprint density at radius 2 is 1.61 bits per heavy atom. The standard InChI is InChI=1S/C10H17F3O4S/c1-2-3-4-5-6-7-8-17-9(14)10(11,12)18(13,15)16/h2-8H2,1H3. The van der Waals surface area contributed by atoms with Crippen LogP contribution < -0.4 is 0 Å². The molecule has 0 fully saturated rings. The molecule has 8 heteroatoms. The van der Waals surface area contributed by atoms with Crippen molar-refractivity contribution in [2.75, 3.05) is 6.61 Å². The molecule has 0 saturated carbocycles. The van der Waals surface area contributed by atoms with E-state index in [4.69, 9.17) is 0 Å². The summed E-state index contributed by atoms with van der Waals surface area (Å²) in [4.78, 5) is 10.7. The maximum absolute atomic E-state index is 12.6. The summed E-state index contributed by atoms with van der Waals surface area (Å²) in [7, 11) is -6.26. The molecule has 0 bridgehead atoms. The van der Waals surface area contributed by atoms with Crippen LogP contribution in [0.4, 0.5) is 12.7 Å². The van der Waals surface area contributed by atoms with Crippen LogP contribution in [0.15, 0.2) is 0 Å². The molecule has 0 aliphatic carbocycles. The lowest BCUT2D eigenvalue weighted by Gasteiger charge is -2.10. The van der Waals surface area contributed by atoms with Gasteiger partial charge in [-0.2, -0.15) is 17.2 Å². The molecule has 0 rings (SSSR count). The molecule has 0 aromatic heterocycles. The van der Waals surface area contributed by atoms with Crippen molar-refractivity contribution in [3.05, 3.63) is 0 Å². The molecule has 0 atom stereocenters. The fourth-order valence-corrected chi connectivity index (χ4v) is 1.49. The number of carbonyl (C=O) groups excluding carboxylic acids is 1. The van der Waals surface area contributed by atoms with Crippen molar-refractivity contribution in [2.24, 2.45) is 0 Å². The Balaban J connectivity index is 3.85. The van der Waals surface area contributed by atoms with Crippen LogP contribution >= 0.6 is 0 Å². The first kappa shape index (κ1) is 17.2. The topological polar surface area (TPSA) is 60.4 Å². The summed E-state index contributed by atoms with van der Waals surface area (Å²) in [5.41, 5.74) is 0. The molecule has 0 aliphatic heterocycles. The number of carbonyl (C=O) groups is 1. The predicted molar refractivity (Wildman–Crippen MR) is 59.3 cm³/mol. The highest BCUT2D eigenvalue weighted by atomic mass is 32.3. The third kappa shape index (κ3) is 5.70. The summed E-state index contributed by atoms with van der Waals surface area (Å²) in [5.74, 6) is -2.36. The first-order valence-electron chi connectivity index (χ1n) is 5.72. The smallest absolute Gasteiger partial charge is 0.460 e. The first-order chi connectivity index (χ1) is 8.23. The van der Waals surface area contributed by atoms with Crippen LogP contribution in [0.25, 0.3) is 0 Å². The number of ether oxygens (including phenoxy) is 1. The summed E-state index contributed by atoms with van der Waals surface area (Å²) in [6.45, 7) is 1.71. The van der Waals surface area contributed by atoms with Crippen molar-refractivity contribution in [2.45, 2.75) is 50.7 Å². The second kappa shape index (κ2) is 7.60. The monoisotopic (exact) mass is 290 g/mol. The SMILES string of the molecule is CCCCCCCCOC(=O)C(F)(F)S(=O)(=O)F. The van der Waals surface area contributed by atoms with Crippen molar-refractivity contribution < 1.29 is 30.6 Å². The van der Waals surface area contributed by atoms with Crippen molar-refractivity contribution in [1.29, 1.82) is 0 Å². The summed E-state index contributed by atoms with van der Waals surface area (Å²) in [5, 5.41) is -5.12. The molecule has 0 aliphatic rings. The number of halogens is 3. The van der Waals surface area contributed by atoms with Gasteiger partial charge in [-0.25, -0.2) is 4.79 Å². The minimum atomic E-state index is -6.26. The van der Waals surface area contributed by atoms with Crippen molar-refractivity contribution in [1.82, 2.24) is 0 Å². The Morgan fingerprint density at radius 1 is 1.11 bits per heavy atom. The van der Waals surface area contributed by atoms with Crippen LogP contribution in [0.5, 0.6) is 0 Å². The Bertz CT molecular complexity index is 354. The molecule has 0 radical (unpaired) electrons. The van der Waals surface area contributed by atoms with Gasteiger partial charge in [0.25, 0.3) is 0 Å². The lowest BCUT2D eigenvalue weighted by Crippen LogP contribution is -2.37. The summed E-state index contributed by atoms with van der Waals surface area (Å²) >= 11 is 0. The molecule has 0 amide bonds. The Labute approximate surface area is 105 Å². The van der Waals surface area contributed by atoms with Gasteiger partial charge in [0.05, 0.1) is 6.61 Å².